The summed E-state index contributed by atoms with van der Waals surface area (Å²) in [5, 5.41) is 0. The first-order valence-electron chi connectivity index (χ1n) is 12.0. The summed E-state index contributed by atoms with van der Waals surface area (Å²) in [6.07, 6.45) is 3.44. The minimum atomic E-state index is -3.73. The summed E-state index contributed by atoms with van der Waals surface area (Å²) < 4.78 is 29.6. The summed E-state index contributed by atoms with van der Waals surface area (Å²) in [6.45, 7) is 2.38. The summed E-state index contributed by atoms with van der Waals surface area (Å²) in [5.41, 5.74) is 4.65. The molecular formula is C31H29NO2S. The third-order valence-corrected chi connectivity index (χ3v) is 8.74. The molecule has 0 unspecified atom stereocenters. The first kappa shape index (κ1) is 23.1. The number of nitrogens with zero attached hydrogens (tertiary/aromatic N) is 1. The van der Waals surface area contributed by atoms with Crippen LogP contribution in [-0.2, 0) is 21.9 Å². The van der Waals surface area contributed by atoms with Crippen molar-refractivity contribution in [1.29, 1.82) is 0 Å². The smallest absolute Gasteiger partial charge is 0.264 e. The summed E-state index contributed by atoms with van der Waals surface area (Å²) in [5.74, 6) is 0. The number of rotatable bonds is 6. The lowest BCUT2D eigenvalue weighted by atomic mass is 9.71. The Bertz CT molecular complexity index is 1370. The van der Waals surface area contributed by atoms with Crippen molar-refractivity contribution >= 4 is 10.0 Å². The summed E-state index contributed by atoms with van der Waals surface area (Å²) in [7, 11) is -3.73. The van der Waals surface area contributed by atoms with Crippen LogP contribution >= 0.6 is 0 Å². The van der Waals surface area contributed by atoms with Crippen LogP contribution in [0.25, 0.3) is 0 Å². The number of aryl methyl sites for hydroxylation is 1. The minimum absolute atomic E-state index is 0.325. The third kappa shape index (κ3) is 4.30. The van der Waals surface area contributed by atoms with Crippen LogP contribution in [0.4, 0.5) is 0 Å². The number of allylic oxidation sites excluding steroid dienone is 2. The van der Waals surface area contributed by atoms with Crippen LogP contribution < -0.4 is 0 Å². The van der Waals surface area contributed by atoms with E-state index in [1.807, 2.05) is 73.7 Å². The lowest BCUT2D eigenvalue weighted by Crippen LogP contribution is -2.33. The van der Waals surface area contributed by atoms with Crippen molar-refractivity contribution in [2.75, 3.05) is 6.54 Å². The molecule has 1 aliphatic heterocycles. The van der Waals surface area contributed by atoms with Crippen LogP contribution in [-0.4, -0.2) is 19.3 Å². The summed E-state index contributed by atoms with van der Waals surface area (Å²) >= 11 is 0. The van der Waals surface area contributed by atoms with E-state index >= 15 is 0 Å². The number of hydrogen-bond acceptors (Lipinski definition) is 2. The van der Waals surface area contributed by atoms with Gasteiger partial charge in [0.25, 0.3) is 10.0 Å². The van der Waals surface area contributed by atoms with Crippen LogP contribution in [0.2, 0.25) is 0 Å². The molecule has 0 bridgehead atoms. The Balaban J connectivity index is 1.71. The van der Waals surface area contributed by atoms with Crippen molar-refractivity contribution in [3.63, 3.8) is 0 Å². The Labute approximate surface area is 208 Å². The van der Waals surface area contributed by atoms with Gasteiger partial charge in [-0.15, -0.1) is 0 Å². The van der Waals surface area contributed by atoms with Crippen molar-refractivity contribution < 1.29 is 8.42 Å². The molecule has 1 fully saturated rings. The molecule has 0 aliphatic carbocycles. The van der Waals surface area contributed by atoms with E-state index in [-0.39, 0.29) is 0 Å². The van der Waals surface area contributed by atoms with Gasteiger partial charge in [-0.2, -0.15) is 0 Å². The lowest BCUT2D eigenvalue weighted by Gasteiger charge is -2.34. The highest BCUT2D eigenvalue weighted by Gasteiger charge is 2.49. The third-order valence-electron chi connectivity index (χ3n) is 6.91. The first-order chi connectivity index (χ1) is 17.0. The highest BCUT2D eigenvalue weighted by Crippen LogP contribution is 2.50. The molecule has 35 heavy (non-hydrogen) atoms. The average Bonchev–Trinajstić information content (AvgIpc) is 3.30. The topological polar surface area (TPSA) is 37.4 Å². The molecule has 4 aromatic rings. The van der Waals surface area contributed by atoms with Gasteiger partial charge in [-0.1, -0.05) is 115 Å². The number of benzene rings is 4. The zero-order chi connectivity index (χ0) is 24.3. The minimum Gasteiger partial charge on any atom is -0.269 e. The van der Waals surface area contributed by atoms with Crippen molar-refractivity contribution in [3.8, 4) is 0 Å². The molecule has 1 aliphatic rings. The van der Waals surface area contributed by atoms with Gasteiger partial charge >= 0.3 is 0 Å². The fourth-order valence-electron chi connectivity index (χ4n) is 5.12. The Hall–Kier alpha value is -3.63. The lowest BCUT2D eigenvalue weighted by molar-refractivity contribution is 0.506. The molecule has 0 radical (unpaired) electrons. The molecule has 4 aromatic carbocycles. The first-order valence-corrected chi connectivity index (χ1v) is 13.4. The second kappa shape index (κ2) is 9.55. The van der Waals surface area contributed by atoms with E-state index in [1.165, 1.54) is 0 Å². The van der Waals surface area contributed by atoms with Crippen LogP contribution in [0.15, 0.2) is 132 Å². The summed E-state index contributed by atoms with van der Waals surface area (Å²) in [4.78, 5) is 0.325. The second-order valence-corrected chi connectivity index (χ2v) is 10.9. The van der Waals surface area contributed by atoms with Gasteiger partial charge in [0, 0.05) is 12.2 Å². The van der Waals surface area contributed by atoms with Gasteiger partial charge in [-0.3, -0.25) is 4.31 Å². The van der Waals surface area contributed by atoms with Crippen molar-refractivity contribution in [1.82, 2.24) is 4.31 Å². The standard InChI is InChI=1S/C31H29NO2S/c1-25-17-20-29(21-18-25)35(33,34)32-24-23-31(27-13-7-3-8-14-27,28-15-9-4-10-16-28)30(32)22-19-26-11-5-2-6-12-26/h2-18,20-22H,19,23-24H2,1H3/b30-22+. The normalized spacial score (nSPS) is 16.5. The predicted octanol–water partition coefficient (Wildman–Crippen LogP) is 6.50. The Morgan fingerprint density at radius 1 is 0.743 bits per heavy atom. The van der Waals surface area contributed by atoms with E-state index in [1.54, 1.807) is 16.4 Å². The Morgan fingerprint density at radius 3 is 1.80 bits per heavy atom. The van der Waals surface area contributed by atoms with E-state index < -0.39 is 15.4 Å². The second-order valence-electron chi connectivity index (χ2n) is 9.06. The predicted molar refractivity (Wildman–Crippen MR) is 142 cm³/mol. The molecule has 5 rings (SSSR count). The highest BCUT2D eigenvalue weighted by atomic mass is 32.2. The fourth-order valence-corrected chi connectivity index (χ4v) is 6.67. The van der Waals surface area contributed by atoms with E-state index in [0.717, 1.165) is 28.0 Å². The fraction of sp³-hybridized carbons (Fsp3) is 0.161. The molecule has 1 saturated heterocycles. The van der Waals surface area contributed by atoms with Crippen LogP contribution in [0.3, 0.4) is 0 Å². The van der Waals surface area contributed by atoms with Gasteiger partial charge in [-0.05, 0) is 48.6 Å². The van der Waals surface area contributed by atoms with Crippen molar-refractivity contribution in [3.05, 3.63) is 149 Å². The molecule has 0 aromatic heterocycles. The molecule has 0 amide bonds. The van der Waals surface area contributed by atoms with E-state index in [0.29, 0.717) is 24.3 Å². The molecule has 0 atom stereocenters. The van der Waals surface area contributed by atoms with E-state index in [4.69, 9.17) is 0 Å². The molecular weight excluding hydrogens is 450 g/mol. The van der Waals surface area contributed by atoms with Gasteiger partial charge in [-0.25, -0.2) is 8.42 Å². The van der Waals surface area contributed by atoms with E-state index in [2.05, 4.69) is 42.5 Å². The van der Waals surface area contributed by atoms with E-state index in [9.17, 15) is 8.42 Å². The number of sulfonamides is 1. The maximum absolute atomic E-state index is 14.0. The van der Waals surface area contributed by atoms with Crippen LogP contribution in [0, 0.1) is 6.92 Å². The molecule has 0 spiro atoms. The quantitative estimate of drug-likeness (QED) is 0.316. The largest absolute Gasteiger partial charge is 0.269 e. The highest BCUT2D eigenvalue weighted by molar-refractivity contribution is 7.89. The molecule has 176 valence electrons. The van der Waals surface area contributed by atoms with Gasteiger partial charge in [0.05, 0.1) is 10.3 Å². The molecule has 3 nitrogen and oxygen atoms in total. The molecule has 1 heterocycles. The Morgan fingerprint density at radius 2 is 1.26 bits per heavy atom. The van der Waals surface area contributed by atoms with Crippen LogP contribution in [0.5, 0.6) is 0 Å². The molecule has 4 heteroatoms. The molecule has 0 N–H and O–H groups in total. The van der Waals surface area contributed by atoms with Crippen molar-refractivity contribution in [2.45, 2.75) is 30.1 Å². The SMILES string of the molecule is Cc1ccc(S(=O)(=O)N2CCC(c3ccccc3)(c3ccccc3)/C2=C\Cc2ccccc2)cc1. The average molecular weight is 480 g/mol. The van der Waals surface area contributed by atoms with Gasteiger partial charge in [0.15, 0.2) is 0 Å². The van der Waals surface area contributed by atoms with Gasteiger partial charge in [0.2, 0.25) is 0 Å². The van der Waals surface area contributed by atoms with Gasteiger partial charge in [0.1, 0.15) is 0 Å². The molecule has 0 saturated carbocycles. The van der Waals surface area contributed by atoms with Crippen LogP contribution in [0.1, 0.15) is 28.7 Å². The zero-order valence-corrected chi connectivity index (χ0v) is 20.7. The maximum atomic E-state index is 14.0. The Kier molecular flexibility index (Phi) is 6.31. The van der Waals surface area contributed by atoms with Gasteiger partial charge < -0.3 is 0 Å². The zero-order valence-electron chi connectivity index (χ0n) is 19.8. The maximum Gasteiger partial charge on any atom is 0.264 e. The summed E-state index contributed by atoms with van der Waals surface area (Å²) in [6, 6.07) is 38.0. The van der Waals surface area contributed by atoms with Crippen molar-refractivity contribution in [2.24, 2.45) is 0 Å². The number of hydrogen-bond donors (Lipinski definition) is 0. The monoisotopic (exact) mass is 479 g/mol.